The molecule has 6 heteroatoms. The van der Waals surface area contributed by atoms with E-state index in [4.69, 9.17) is 11.1 Å². The van der Waals surface area contributed by atoms with Crippen LogP contribution >= 0.6 is 0 Å². The molecule has 0 radical (unpaired) electrons. The lowest BCUT2D eigenvalue weighted by Gasteiger charge is -2.18. The summed E-state index contributed by atoms with van der Waals surface area (Å²) in [6.07, 6.45) is 5.54. The molecule has 2 aromatic rings. The highest BCUT2D eigenvalue weighted by molar-refractivity contribution is 5.93. The number of rotatable bonds is 4. The summed E-state index contributed by atoms with van der Waals surface area (Å²) in [5, 5.41) is 11.4. The van der Waals surface area contributed by atoms with E-state index in [1.165, 1.54) is 0 Å². The largest absolute Gasteiger partial charge is 0.382 e. The molecule has 94 valence electrons. The number of anilines is 1. The summed E-state index contributed by atoms with van der Waals surface area (Å²) in [5.41, 5.74) is 7.97. The highest BCUT2D eigenvalue weighted by atomic mass is 15.2. The SMILES string of the molecule is CN(Cc1cnn(C)c1)c1ccc(C(=N)N)nc1. The van der Waals surface area contributed by atoms with Gasteiger partial charge in [0.15, 0.2) is 0 Å². The normalized spacial score (nSPS) is 10.3. The number of hydrogen-bond acceptors (Lipinski definition) is 4. The van der Waals surface area contributed by atoms with E-state index in [0.717, 1.165) is 17.8 Å². The Balaban J connectivity index is 2.09. The second-order valence-corrected chi connectivity index (χ2v) is 4.19. The number of nitrogens with zero attached hydrogens (tertiary/aromatic N) is 4. The average Bonchev–Trinajstić information content (AvgIpc) is 2.75. The van der Waals surface area contributed by atoms with E-state index in [9.17, 15) is 0 Å². The standard InChI is InChI=1S/C12H16N6/c1-17(7-9-5-16-18(2)8-9)10-3-4-11(12(13)14)15-6-10/h3-6,8H,7H2,1-2H3,(H3,13,14). The van der Waals surface area contributed by atoms with Gasteiger partial charge in [-0.2, -0.15) is 5.10 Å². The zero-order valence-electron chi connectivity index (χ0n) is 10.5. The van der Waals surface area contributed by atoms with E-state index in [0.29, 0.717) is 5.69 Å². The Morgan fingerprint density at radius 2 is 2.22 bits per heavy atom. The molecule has 2 rings (SSSR count). The van der Waals surface area contributed by atoms with Crippen molar-refractivity contribution in [3.05, 3.63) is 42.0 Å². The zero-order chi connectivity index (χ0) is 13.1. The molecule has 0 unspecified atom stereocenters. The molecule has 0 aliphatic rings. The predicted octanol–water partition coefficient (Wildman–Crippen LogP) is 0.736. The van der Waals surface area contributed by atoms with Crippen molar-refractivity contribution in [1.29, 1.82) is 5.41 Å². The van der Waals surface area contributed by atoms with E-state index in [1.54, 1.807) is 16.9 Å². The van der Waals surface area contributed by atoms with Crippen LogP contribution in [0.5, 0.6) is 0 Å². The summed E-state index contributed by atoms with van der Waals surface area (Å²) in [6.45, 7) is 0.759. The van der Waals surface area contributed by atoms with Crippen molar-refractivity contribution in [3.8, 4) is 0 Å². The van der Waals surface area contributed by atoms with Gasteiger partial charge in [-0.05, 0) is 12.1 Å². The molecule has 0 fully saturated rings. The Morgan fingerprint density at radius 3 is 2.72 bits per heavy atom. The summed E-state index contributed by atoms with van der Waals surface area (Å²) < 4.78 is 1.78. The molecule has 0 spiro atoms. The average molecular weight is 244 g/mol. The minimum Gasteiger partial charge on any atom is -0.382 e. The highest BCUT2D eigenvalue weighted by Gasteiger charge is 2.05. The zero-order valence-corrected chi connectivity index (χ0v) is 10.5. The maximum absolute atomic E-state index is 7.29. The molecule has 0 aromatic carbocycles. The molecule has 18 heavy (non-hydrogen) atoms. The van der Waals surface area contributed by atoms with Crippen LogP contribution in [-0.2, 0) is 13.6 Å². The Bertz CT molecular complexity index is 542. The molecule has 0 aliphatic carbocycles. The first kappa shape index (κ1) is 12.1. The topological polar surface area (TPSA) is 83.8 Å². The highest BCUT2D eigenvalue weighted by Crippen LogP contribution is 2.14. The molecule has 0 saturated heterocycles. The van der Waals surface area contributed by atoms with Crippen LogP contribution in [0.25, 0.3) is 0 Å². The molecule has 0 bridgehead atoms. The van der Waals surface area contributed by atoms with Crippen molar-refractivity contribution in [2.75, 3.05) is 11.9 Å². The van der Waals surface area contributed by atoms with Gasteiger partial charge < -0.3 is 10.6 Å². The smallest absolute Gasteiger partial charge is 0.141 e. The number of nitrogens with two attached hydrogens (primary N) is 1. The first-order valence-corrected chi connectivity index (χ1v) is 5.55. The summed E-state index contributed by atoms with van der Waals surface area (Å²) >= 11 is 0. The fourth-order valence-corrected chi connectivity index (χ4v) is 1.69. The summed E-state index contributed by atoms with van der Waals surface area (Å²) in [7, 11) is 3.88. The molecule has 6 nitrogen and oxygen atoms in total. The van der Waals surface area contributed by atoms with Gasteiger partial charge >= 0.3 is 0 Å². The maximum atomic E-state index is 7.29. The molecule has 0 aliphatic heterocycles. The van der Waals surface area contributed by atoms with E-state index in [1.807, 2.05) is 32.6 Å². The van der Waals surface area contributed by atoms with E-state index >= 15 is 0 Å². The third kappa shape index (κ3) is 2.65. The quantitative estimate of drug-likeness (QED) is 0.613. The van der Waals surface area contributed by atoms with Gasteiger partial charge in [-0.3, -0.25) is 15.1 Å². The fraction of sp³-hybridized carbons (Fsp3) is 0.250. The molecule has 0 amide bonds. The van der Waals surface area contributed by atoms with Gasteiger partial charge in [-0.1, -0.05) is 0 Å². The lowest BCUT2D eigenvalue weighted by molar-refractivity contribution is 0.766. The lowest BCUT2D eigenvalue weighted by Crippen LogP contribution is -2.17. The van der Waals surface area contributed by atoms with E-state index in [-0.39, 0.29) is 5.84 Å². The first-order valence-electron chi connectivity index (χ1n) is 5.55. The van der Waals surface area contributed by atoms with Crippen LogP contribution in [0.3, 0.4) is 0 Å². The Hall–Kier alpha value is -2.37. The first-order chi connectivity index (χ1) is 8.56. The molecule has 2 heterocycles. The summed E-state index contributed by atoms with van der Waals surface area (Å²) in [5.74, 6) is -0.0172. The summed E-state index contributed by atoms with van der Waals surface area (Å²) in [4.78, 5) is 6.20. The van der Waals surface area contributed by atoms with Crippen molar-refractivity contribution in [1.82, 2.24) is 14.8 Å². The molecule has 0 saturated carbocycles. The number of hydrogen-bond donors (Lipinski definition) is 2. The molecule has 0 atom stereocenters. The fourth-order valence-electron chi connectivity index (χ4n) is 1.69. The van der Waals surface area contributed by atoms with Crippen LogP contribution in [0, 0.1) is 5.41 Å². The van der Waals surface area contributed by atoms with Crippen LogP contribution in [0.15, 0.2) is 30.7 Å². The van der Waals surface area contributed by atoms with Gasteiger partial charge in [-0.25, -0.2) is 0 Å². The minimum atomic E-state index is -0.0172. The third-order valence-electron chi connectivity index (χ3n) is 2.64. The molecule has 3 N–H and O–H groups in total. The van der Waals surface area contributed by atoms with Crippen LogP contribution in [-0.4, -0.2) is 27.6 Å². The van der Waals surface area contributed by atoms with Crippen molar-refractivity contribution in [3.63, 3.8) is 0 Å². The van der Waals surface area contributed by atoms with Crippen LogP contribution < -0.4 is 10.6 Å². The summed E-state index contributed by atoms with van der Waals surface area (Å²) in [6, 6.07) is 3.65. The monoisotopic (exact) mass is 244 g/mol. The Labute approximate surface area is 106 Å². The number of amidine groups is 1. The number of aryl methyl sites for hydroxylation is 1. The van der Waals surface area contributed by atoms with Crippen molar-refractivity contribution in [2.24, 2.45) is 12.8 Å². The van der Waals surface area contributed by atoms with Gasteiger partial charge in [0, 0.05) is 32.4 Å². The van der Waals surface area contributed by atoms with Crippen molar-refractivity contribution >= 4 is 11.5 Å². The van der Waals surface area contributed by atoms with E-state index < -0.39 is 0 Å². The van der Waals surface area contributed by atoms with Gasteiger partial charge in [-0.15, -0.1) is 0 Å². The molecular weight excluding hydrogens is 228 g/mol. The van der Waals surface area contributed by atoms with Crippen molar-refractivity contribution in [2.45, 2.75) is 6.54 Å². The van der Waals surface area contributed by atoms with Crippen molar-refractivity contribution < 1.29 is 0 Å². The third-order valence-corrected chi connectivity index (χ3v) is 2.64. The van der Waals surface area contributed by atoms with Crippen LogP contribution in [0.2, 0.25) is 0 Å². The Morgan fingerprint density at radius 1 is 1.44 bits per heavy atom. The number of nitrogen functional groups attached to an aromatic ring is 1. The van der Waals surface area contributed by atoms with Gasteiger partial charge in [0.25, 0.3) is 0 Å². The lowest BCUT2D eigenvalue weighted by atomic mass is 10.3. The van der Waals surface area contributed by atoms with Gasteiger partial charge in [0.05, 0.1) is 18.1 Å². The number of nitrogens with one attached hydrogen (secondary N) is 1. The number of pyridine rings is 1. The predicted molar refractivity (Wildman–Crippen MR) is 70.6 cm³/mol. The van der Waals surface area contributed by atoms with Gasteiger partial charge in [0.2, 0.25) is 0 Å². The number of aromatic nitrogens is 3. The van der Waals surface area contributed by atoms with Gasteiger partial charge in [0.1, 0.15) is 11.5 Å². The Kier molecular flexibility index (Phi) is 3.27. The molecular formula is C12H16N6. The minimum absolute atomic E-state index is 0.0172. The molecule has 2 aromatic heterocycles. The van der Waals surface area contributed by atoms with Crippen LogP contribution in [0.1, 0.15) is 11.3 Å². The maximum Gasteiger partial charge on any atom is 0.141 e. The van der Waals surface area contributed by atoms with E-state index in [2.05, 4.69) is 15.0 Å². The second kappa shape index (κ2) is 4.87. The van der Waals surface area contributed by atoms with Crippen LogP contribution in [0.4, 0.5) is 5.69 Å². The second-order valence-electron chi connectivity index (χ2n) is 4.19.